The van der Waals surface area contributed by atoms with Crippen molar-refractivity contribution in [3.05, 3.63) is 0 Å². The number of nitrogens with two attached hydrogens (primary N) is 2. The summed E-state index contributed by atoms with van der Waals surface area (Å²) >= 11 is 0. The topological polar surface area (TPSA) is 268 Å². The molecule has 0 bridgehead atoms. The third-order valence-corrected chi connectivity index (χ3v) is 4.59. The van der Waals surface area contributed by atoms with Gasteiger partial charge in [-0.3, -0.25) is 9.79 Å². The SMILES string of the molecule is C[C@H](N)CCNCCCCNC(=O)OCC(=O)NCCCCCCN=CNN.O=C(O)C(F)(F)F.O=C(O)C(F)(F)F.O=C(O)C(F)(F)F. The number of alkyl carbamates (subject to hydrolysis) is 1. The summed E-state index contributed by atoms with van der Waals surface area (Å²) in [6.45, 7) is 5.37. The van der Waals surface area contributed by atoms with Crippen molar-refractivity contribution in [2.24, 2.45) is 16.6 Å². The van der Waals surface area contributed by atoms with Crippen LogP contribution in [0.4, 0.5) is 44.3 Å². The van der Waals surface area contributed by atoms with Crippen LogP contribution in [0, 0.1) is 0 Å². The Morgan fingerprint density at radius 3 is 1.55 bits per heavy atom. The zero-order valence-electron chi connectivity index (χ0n) is 26.1. The maximum atomic E-state index is 11.6. The highest BCUT2D eigenvalue weighted by Gasteiger charge is 2.39. The molecule has 0 saturated heterocycles. The van der Waals surface area contributed by atoms with Crippen LogP contribution in [-0.2, 0) is 23.9 Å². The lowest BCUT2D eigenvalue weighted by molar-refractivity contribution is -0.193. The van der Waals surface area contributed by atoms with E-state index in [0.29, 0.717) is 13.1 Å². The number of aliphatic carboxylic acids is 3. The van der Waals surface area contributed by atoms with Crippen LogP contribution < -0.4 is 33.0 Å². The van der Waals surface area contributed by atoms with Crippen molar-refractivity contribution in [2.45, 2.75) is 76.4 Å². The van der Waals surface area contributed by atoms with Crippen LogP contribution in [0.5, 0.6) is 0 Å². The number of rotatable bonds is 18. The van der Waals surface area contributed by atoms with E-state index in [1.54, 1.807) is 0 Å². The number of hydrazine groups is 1. The van der Waals surface area contributed by atoms with Gasteiger partial charge in [-0.15, -0.1) is 0 Å². The first-order valence-electron chi connectivity index (χ1n) is 13.9. The number of nitrogens with one attached hydrogen (secondary N) is 4. The van der Waals surface area contributed by atoms with Crippen molar-refractivity contribution >= 4 is 36.2 Å². The van der Waals surface area contributed by atoms with Gasteiger partial charge in [-0.1, -0.05) is 12.8 Å². The number of ether oxygens (including phenoxy) is 1. The molecule has 0 fully saturated rings. The average molecular weight is 744 g/mol. The predicted octanol–water partition coefficient (Wildman–Crippen LogP) is 1.89. The lowest BCUT2D eigenvalue weighted by atomic mass is 10.2. The molecule has 0 aromatic heterocycles. The normalized spacial score (nSPS) is 11.7. The van der Waals surface area contributed by atoms with Crippen molar-refractivity contribution in [2.75, 3.05) is 39.3 Å². The Hall–Kier alpha value is -4.13. The van der Waals surface area contributed by atoms with Crippen LogP contribution in [0.2, 0.25) is 0 Å². The lowest BCUT2D eigenvalue weighted by Gasteiger charge is -2.09. The molecular weight excluding hydrogens is 701 g/mol. The molecule has 0 rings (SSSR count). The van der Waals surface area contributed by atoms with Gasteiger partial charge >= 0.3 is 42.5 Å². The molecule has 0 aliphatic carbocycles. The number of hydrogen-bond acceptors (Lipinski definition) is 10. The summed E-state index contributed by atoms with van der Waals surface area (Å²) in [5.41, 5.74) is 8.02. The highest BCUT2D eigenvalue weighted by atomic mass is 19.4. The number of unbranched alkanes of at least 4 members (excludes halogenated alkanes) is 4. The molecule has 11 N–H and O–H groups in total. The number of hydrogen-bond donors (Lipinski definition) is 9. The second-order valence-electron chi connectivity index (χ2n) is 9.10. The number of nitrogens with zero attached hydrogens (tertiary/aromatic N) is 1. The fourth-order valence-electron chi connectivity index (χ4n) is 2.28. The van der Waals surface area contributed by atoms with E-state index < -0.39 is 42.5 Å². The maximum Gasteiger partial charge on any atom is 0.490 e. The Morgan fingerprint density at radius 1 is 0.714 bits per heavy atom. The molecule has 25 heteroatoms. The quantitative estimate of drug-likeness (QED) is 0.0243. The number of aliphatic imine (C=N–C) groups is 1. The van der Waals surface area contributed by atoms with E-state index in [1.165, 1.54) is 6.34 Å². The Balaban J connectivity index is -0.000000386. The highest BCUT2D eigenvalue weighted by Crippen LogP contribution is 2.14. The second kappa shape index (κ2) is 30.0. The zero-order valence-corrected chi connectivity index (χ0v) is 26.1. The molecule has 0 radical (unpaired) electrons. The first kappa shape index (κ1) is 51.7. The molecule has 0 aliphatic rings. The zero-order chi connectivity index (χ0) is 39.1. The summed E-state index contributed by atoms with van der Waals surface area (Å²) in [5, 5.41) is 30.0. The summed E-state index contributed by atoms with van der Waals surface area (Å²) in [6.07, 6.45) is -7.67. The molecule has 0 saturated carbocycles. The van der Waals surface area contributed by atoms with Gasteiger partial charge in [0.05, 0.1) is 6.34 Å². The molecule has 0 aromatic rings. The summed E-state index contributed by atoms with van der Waals surface area (Å²) in [7, 11) is 0. The second-order valence-corrected chi connectivity index (χ2v) is 9.10. The predicted molar refractivity (Wildman–Crippen MR) is 153 cm³/mol. The van der Waals surface area contributed by atoms with E-state index in [9.17, 15) is 49.1 Å². The first-order chi connectivity index (χ1) is 22.4. The molecule has 2 amide bonds. The van der Waals surface area contributed by atoms with E-state index in [0.717, 1.165) is 64.6 Å². The van der Waals surface area contributed by atoms with Gasteiger partial charge in [-0.25, -0.2) is 25.0 Å². The number of carbonyl (C=O) groups excluding carboxylic acids is 2. The largest absolute Gasteiger partial charge is 0.490 e. The van der Waals surface area contributed by atoms with Gasteiger partial charge < -0.3 is 47.2 Å². The minimum absolute atomic E-state index is 0.214. The third-order valence-electron chi connectivity index (χ3n) is 4.59. The van der Waals surface area contributed by atoms with Crippen LogP contribution in [0.25, 0.3) is 0 Å². The van der Waals surface area contributed by atoms with E-state index >= 15 is 0 Å². The first-order valence-corrected chi connectivity index (χ1v) is 13.9. The number of carboxylic acid groups (broad SMARTS) is 3. The van der Waals surface area contributed by atoms with Crippen molar-refractivity contribution < 1.29 is 83.5 Å². The fraction of sp³-hybridized carbons (Fsp3) is 0.750. The maximum absolute atomic E-state index is 11.6. The Bertz CT molecular complexity index is 896. The van der Waals surface area contributed by atoms with Gasteiger partial charge in [0.2, 0.25) is 0 Å². The van der Waals surface area contributed by atoms with Crippen molar-refractivity contribution in [1.82, 2.24) is 21.4 Å². The van der Waals surface area contributed by atoms with Crippen LogP contribution in [0.1, 0.15) is 51.9 Å². The monoisotopic (exact) mass is 743 g/mol. The minimum atomic E-state index is -5.08. The molecule has 0 aliphatic heterocycles. The summed E-state index contributed by atoms with van der Waals surface area (Å²) in [6, 6.07) is 0.214. The minimum Gasteiger partial charge on any atom is -0.475 e. The standard InChI is InChI=1S/C18H39N7O3.3C2HF3O2/c1-16(19)8-13-21-9-6-7-12-24-18(27)28-14-17(26)23-11-5-3-2-4-10-22-15-25-20;3*3-2(4,5)1(6)7/h15-16,21H,2-14,19-20H2,1H3,(H,22,25)(H,23,26)(H,24,27);3*(H,6,7)/t16-;;;/m0.../s1. The van der Waals surface area contributed by atoms with Gasteiger partial charge in [0.25, 0.3) is 5.91 Å². The average Bonchev–Trinajstić information content (AvgIpc) is 2.96. The molecule has 1 atom stereocenters. The highest BCUT2D eigenvalue weighted by molar-refractivity contribution is 5.80. The number of alkyl halides is 9. The number of amides is 2. The van der Waals surface area contributed by atoms with Gasteiger partial charge in [0, 0.05) is 25.7 Å². The molecule has 0 heterocycles. The van der Waals surface area contributed by atoms with Crippen LogP contribution in [-0.4, -0.2) is 115 Å². The smallest absolute Gasteiger partial charge is 0.475 e. The summed E-state index contributed by atoms with van der Waals surface area (Å²) < 4.78 is 100. The lowest BCUT2D eigenvalue weighted by Crippen LogP contribution is -2.33. The summed E-state index contributed by atoms with van der Waals surface area (Å²) in [5.74, 6) is -3.50. The van der Waals surface area contributed by atoms with Crippen molar-refractivity contribution in [3.8, 4) is 0 Å². The van der Waals surface area contributed by atoms with E-state index in [-0.39, 0.29) is 18.6 Å². The van der Waals surface area contributed by atoms with E-state index in [4.69, 9.17) is 46.0 Å². The van der Waals surface area contributed by atoms with Crippen molar-refractivity contribution in [1.29, 1.82) is 0 Å². The number of carbonyl (C=O) groups is 5. The molecule has 49 heavy (non-hydrogen) atoms. The van der Waals surface area contributed by atoms with Crippen LogP contribution in [0.15, 0.2) is 4.99 Å². The van der Waals surface area contributed by atoms with Crippen LogP contribution >= 0.6 is 0 Å². The molecular formula is C24H42F9N7O9. The molecule has 16 nitrogen and oxygen atoms in total. The van der Waals surface area contributed by atoms with Gasteiger partial charge in [0.15, 0.2) is 6.61 Å². The third kappa shape index (κ3) is 46.0. The number of carboxylic acids is 3. The Morgan fingerprint density at radius 2 is 1.12 bits per heavy atom. The molecule has 290 valence electrons. The summed E-state index contributed by atoms with van der Waals surface area (Å²) in [4.78, 5) is 53.8. The van der Waals surface area contributed by atoms with E-state index in [2.05, 4.69) is 26.4 Å². The van der Waals surface area contributed by atoms with E-state index in [1.807, 2.05) is 6.92 Å². The van der Waals surface area contributed by atoms with Crippen molar-refractivity contribution in [3.63, 3.8) is 0 Å². The molecule has 0 aromatic carbocycles. The van der Waals surface area contributed by atoms with Gasteiger partial charge in [-0.2, -0.15) is 39.5 Å². The van der Waals surface area contributed by atoms with Crippen LogP contribution in [0.3, 0.4) is 0 Å². The molecule has 0 unspecified atom stereocenters. The Kier molecular flexibility index (Phi) is 31.6. The van der Waals surface area contributed by atoms with Gasteiger partial charge in [0.1, 0.15) is 0 Å². The molecule has 0 spiro atoms. The number of halogens is 9. The fourth-order valence-corrected chi connectivity index (χ4v) is 2.28. The Labute approximate surface area is 274 Å². The van der Waals surface area contributed by atoms with Gasteiger partial charge in [-0.05, 0) is 52.1 Å².